The van der Waals surface area contributed by atoms with Crippen LogP contribution in [0.15, 0.2) is 194 Å². The maximum atomic E-state index is 8.52. The molecular weight excluding hydrogens is 605 g/mol. The molecule has 0 amide bonds. The molecule has 2 aromatic heterocycles. The predicted molar refractivity (Wildman–Crippen MR) is 211 cm³/mol. The van der Waals surface area contributed by atoms with E-state index >= 15 is 0 Å². The van der Waals surface area contributed by atoms with Gasteiger partial charge in [-0.3, -0.25) is 0 Å². The second-order valence-electron chi connectivity index (χ2n) is 12.6. The number of aromatic nitrogens is 2. The van der Waals surface area contributed by atoms with Gasteiger partial charge < -0.3 is 9.13 Å². The Hall–Kier alpha value is -6.64. The highest BCUT2D eigenvalue weighted by molar-refractivity contribution is 6.23. The molecule has 0 aliphatic carbocycles. The standard InChI is InChI=1S/C48H32N2/c1-3-13-33(14-4-1)36-17-11-18-37(31-36)35-25-27-39(28-26-35)49-45-23-9-7-21-41(45)43-29-30-44-42-22-8-10-24-46(42)50(48(44)47(43)49)40-20-12-19-38(32-40)34-15-5-2-6-16-34/h1-32H/i1D,3D,4D,13D,14D. The minimum Gasteiger partial charge on any atom is -0.307 e. The molecule has 10 rings (SSSR count). The molecule has 0 aliphatic rings. The molecule has 2 heterocycles. The highest BCUT2D eigenvalue weighted by atomic mass is 15.0. The Bertz CT molecular complexity index is 3110. The lowest BCUT2D eigenvalue weighted by atomic mass is 9.99. The van der Waals surface area contributed by atoms with Crippen molar-refractivity contribution < 1.29 is 6.85 Å². The van der Waals surface area contributed by atoms with Gasteiger partial charge in [0, 0.05) is 32.9 Å². The first-order valence-electron chi connectivity index (χ1n) is 19.3. The van der Waals surface area contributed by atoms with Crippen molar-refractivity contribution in [3.05, 3.63) is 194 Å². The van der Waals surface area contributed by atoms with E-state index in [2.05, 4.69) is 143 Å². The largest absolute Gasteiger partial charge is 0.307 e. The smallest absolute Gasteiger partial charge is 0.0788 e. The van der Waals surface area contributed by atoms with Crippen LogP contribution in [0.3, 0.4) is 0 Å². The van der Waals surface area contributed by atoms with Gasteiger partial charge in [-0.2, -0.15) is 0 Å². The van der Waals surface area contributed by atoms with E-state index < -0.39 is 6.04 Å². The Morgan fingerprint density at radius 2 is 0.820 bits per heavy atom. The van der Waals surface area contributed by atoms with Crippen LogP contribution in [0.5, 0.6) is 0 Å². The third-order valence-corrected chi connectivity index (χ3v) is 9.79. The predicted octanol–water partition coefficient (Wildman–Crippen LogP) is 12.9. The zero-order valence-corrected chi connectivity index (χ0v) is 27.0. The fourth-order valence-electron chi connectivity index (χ4n) is 7.54. The Morgan fingerprint density at radius 1 is 0.320 bits per heavy atom. The van der Waals surface area contributed by atoms with E-state index in [-0.39, 0.29) is 29.7 Å². The van der Waals surface area contributed by atoms with Crippen molar-refractivity contribution in [3.8, 4) is 44.8 Å². The van der Waals surface area contributed by atoms with Gasteiger partial charge in [0.15, 0.2) is 0 Å². The molecule has 8 aromatic carbocycles. The first-order chi connectivity index (χ1) is 26.9. The highest BCUT2D eigenvalue weighted by Gasteiger charge is 2.21. The van der Waals surface area contributed by atoms with Gasteiger partial charge >= 0.3 is 0 Å². The molecule has 0 saturated heterocycles. The maximum Gasteiger partial charge on any atom is 0.0788 e. The normalized spacial score (nSPS) is 13.0. The minimum atomic E-state index is -0.395. The summed E-state index contributed by atoms with van der Waals surface area (Å²) in [5, 5.41) is 4.71. The van der Waals surface area contributed by atoms with Gasteiger partial charge in [0.2, 0.25) is 0 Å². The van der Waals surface area contributed by atoms with Gasteiger partial charge in [0.25, 0.3) is 0 Å². The molecule has 0 bridgehead atoms. The first kappa shape index (κ1) is 23.6. The van der Waals surface area contributed by atoms with E-state index in [0.717, 1.165) is 50.1 Å². The van der Waals surface area contributed by atoms with Crippen LogP contribution in [0.25, 0.3) is 88.4 Å². The van der Waals surface area contributed by atoms with Crippen molar-refractivity contribution in [2.24, 2.45) is 0 Å². The molecule has 234 valence electrons. The second kappa shape index (κ2) is 11.5. The molecular formula is C48H32N2. The molecule has 0 saturated carbocycles. The van der Waals surface area contributed by atoms with Crippen LogP contribution in [-0.4, -0.2) is 9.13 Å². The van der Waals surface area contributed by atoms with E-state index in [1.54, 1.807) is 6.07 Å². The average molecular weight is 642 g/mol. The summed E-state index contributed by atoms with van der Waals surface area (Å²) in [5.74, 6) is 0. The van der Waals surface area contributed by atoms with Crippen molar-refractivity contribution in [2.75, 3.05) is 0 Å². The number of nitrogens with zero attached hydrogens (tertiary/aromatic N) is 2. The Morgan fingerprint density at radius 3 is 1.48 bits per heavy atom. The average Bonchev–Trinajstić information content (AvgIpc) is 3.76. The summed E-state index contributed by atoms with van der Waals surface area (Å²) in [6.45, 7) is 0. The zero-order valence-electron chi connectivity index (χ0n) is 32.0. The molecule has 0 unspecified atom stereocenters. The Balaban J connectivity index is 1.18. The van der Waals surface area contributed by atoms with E-state index in [4.69, 9.17) is 6.85 Å². The van der Waals surface area contributed by atoms with Crippen molar-refractivity contribution in [1.82, 2.24) is 9.13 Å². The Labute approximate surface area is 297 Å². The first-order valence-corrected chi connectivity index (χ1v) is 16.8. The van der Waals surface area contributed by atoms with E-state index in [9.17, 15) is 0 Å². The molecule has 2 nitrogen and oxygen atoms in total. The van der Waals surface area contributed by atoms with E-state index in [1.807, 2.05) is 24.3 Å². The summed E-state index contributed by atoms with van der Waals surface area (Å²) in [4.78, 5) is 0. The summed E-state index contributed by atoms with van der Waals surface area (Å²) in [6.07, 6.45) is 0. The number of fused-ring (bicyclic) bond motifs is 7. The highest BCUT2D eigenvalue weighted by Crippen LogP contribution is 2.42. The molecule has 10 aromatic rings. The zero-order chi connectivity index (χ0) is 37.4. The maximum absolute atomic E-state index is 8.52. The molecule has 2 heteroatoms. The lowest BCUT2D eigenvalue weighted by Crippen LogP contribution is -1.99. The van der Waals surface area contributed by atoms with Crippen LogP contribution in [0.2, 0.25) is 0 Å². The van der Waals surface area contributed by atoms with Crippen LogP contribution in [0.4, 0.5) is 0 Å². The van der Waals surface area contributed by atoms with Crippen LogP contribution in [0, 0.1) is 0 Å². The van der Waals surface area contributed by atoms with Gasteiger partial charge in [-0.15, -0.1) is 0 Å². The van der Waals surface area contributed by atoms with Crippen LogP contribution in [-0.2, 0) is 0 Å². The topological polar surface area (TPSA) is 9.86 Å². The van der Waals surface area contributed by atoms with Gasteiger partial charge in [-0.25, -0.2) is 0 Å². The quantitative estimate of drug-likeness (QED) is 0.177. The van der Waals surface area contributed by atoms with Crippen molar-refractivity contribution in [1.29, 1.82) is 0 Å². The monoisotopic (exact) mass is 641 g/mol. The molecule has 0 radical (unpaired) electrons. The van der Waals surface area contributed by atoms with Gasteiger partial charge in [-0.1, -0.05) is 152 Å². The Kier molecular flexibility index (Phi) is 5.44. The lowest BCUT2D eigenvalue weighted by Gasteiger charge is -2.14. The number of para-hydroxylation sites is 2. The molecule has 0 fully saturated rings. The van der Waals surface area contributed by atoms with Gasteiger partial charge in [0.05, 0.1) is 28.9 Å². The molecule has 0 atom stereocenters. The minimum absolute atomic E-state index is 0.198. The van der Waals surface area contributed by atoms with Crippen molar-refractivity contribution >= 4 is 43.6 Å². The van der Waals surface area contributed by atoms with Gasteiger partial charge in [0.1, 0.15) is 0 Å². The fraction of sp³-hybridized carbons (Fsp3) is 0. The number of hydrogen-bond acceptors (Lipinski definition) is 0. The fourth-order valence-corrected chi connectivity index (χ4v) is 7.54. The number of hydrogen-bond donors (Lipinski definition) is 0. The summed E-state index contributed by atoms with van der Waals surface area (Å²) in [7, 11) is 0. The van der Waals surface area contributed by atoms with Gasteiger partial charge in [-0.05, 0) is 75.8 Å². The lowest BCUT2D eigenvalue weighted by molar-refractivity contribution is 1.15. The van der Waals surface area contributed by atoms with Crippen LogP contribution >= 0.6 is 0 Å². The van der Waals surface area contributed by atoms with E-state index in [1.165, 1.54) is 27.1 Å². The second-order valence-corrected chi connectivity index (χ2v) is 12.6. The van der Waals surface area contributed by atoms with Crippen LogP contribution < -0.4 is 0 Å². The summed E-state index contributed by atoms with van der Waals surface area (Å²) < 4.78 is 46.2. The summed E-state index contributed by atoms with van der Waals surface area (Å²) in [5.41, 5.74) is 11.5. The van der Waals surface area contributed by atoms with E-state index in [0.29, 0.717) is 5.56 Å². The third-order valence-electron chi connectivity index (χ3n) is 9.79. The molecule has 0 aliphatic heterocycles. The third kappa shape index (κ3) is 4.50. The van der Waals surface area contributed by atoms with Crippen molar-refractivity contribution in [2.45, 2.75) is 0 Å². The molecule has 50 heavy (non-hydrogen) atoms. The molecule has 0 N–H and O–H groups in total. The number of benzene rings is 8. The SMILES string of the molecule is [2H]c1c([2H])c([2H])c(-c2cccc(-c3ccc(-n4c5ccccc5c5ccc6c7ccccc7n(-c7cccc(-c8ccccc8)c7)c6c54)cc3)c2)c([2H])c1[2H]. The summed E-state index contributed by atoms with van der Waals surface area (Å²) in [6, 6.07) is 55.5. The van der Waals surface area contributed by atoms with Crippen LogP contribution in [0.1, 0.15) is 6.85 Å². The van der Waals surface area contributed by atoms with Crippen molar-refractivity contribution in [3.63, 3.8) is 0 Å². The number of rotatable bonds is 5. The summed E-state index contributed by atoms with van der Waals surface area (Å²) >= 11 is 0. The molecule has 0 spiro atoms.